The summed E-state index contributed by atoms with van der Waals surface area (Å²) in [5.74, 6) is 0.671. The van der Waals surface area contributed by atoms with Crippen LogP contribution in [0.15, 0.2) is 12.1 Å². The smallest absolute Gasteiger partial charge is 0.236 e. The number of carbonyl (C=O) groups is 1. The molecule has 0 saturated carbocycles. The van der Waals surface area contributed by atoms with E-state index in [0.29, 0.717) is 11.6 Å². The Labute approximate surface area is 123 Å². The average molecular weight is 295 g/mol. The summed E-state index contributed by atoms with van der Waals surface area (Å²) in [5.41, 5.74) is 1.84. The zero-order valence-electron chi connectivity index (χ0n) is 11.5. The number of benzene rings is 1. The molecule has 20 heavy (non-hydrogen) atoms. The van der Waals surface area contributed by atoms with Crippen molar-refractivity contribution in [3.63, 3.8) is 0 Å². The molecule has 2 aliphatic rings. The third kappa shape index (κ3) is 2.27. The molecule has 2 aliphatic heterocycles. The zero-order valence-corrected chi connectivity index (χ0v) is 12.3. The lowest BCUT2D eigenvalue weighted by Crippen LogP contribution is -2.57. The molecule has 0 aliphatic carbocycles. The molecular weight excluding hydrogens is 276 g/mol. The molecule has 0 spiro atoms. The van der Waals surface area contributed by atoms with Crippen molar-refractivity contribution in [2.45, 2.75) is 31.7 Å². The molecule has 2 atom stereocenters. The van der Waals surface area contributed by atoms with Gasteiger partial charge in [0.1, 0.15) is 5.75 Å². The SMILES string of the molecule is Cc1ccc(O)c([C@H]2CCN3C(=O)CNC[C@H]3C2)c1Cl. The fraction of sp³-hybridized carbons (Fsp3) is 0.533. The Morgan fingerprint density at radius 1 is 1.45 bits per heavy atom. The van der Waals surface area contributed by atoms with Crippen molar-refractivity contribution < 1.29 is 9.90 Å². The van der Waals surface area contributed by atoms with Gasteiger partial charge < -0.3 is 15.3 Å². The van der Waals surface area contributed by atoms with Gasteiger partial charge in [0, 0.05) is 24.7 Å². The number of piperazine rings is 1. The second-order valence-corrected chi connectivity index (χ2v) is 6.10. The second kappa shape index (κ2) is 5.26. The molecular formula is C15H19ClN2O2. The van der Waals surface area contributed by atoms with Crippen molar-refractivity contribution in [2.24, 2.45) is 0 Å². The van der Waals surface area contributed by atoms with E-state index in [9.17, 15) is 9.90 Å². The second-order valence-electron chi connectivity index (χ2n) is 5.72. The lowest BCUT2D eigenvalue weighted by atomic mass is 9.83. The lowest BCUT2D eigenvalue weighted by molar-refractivity contribution is -0.136. The fourth-order valence-electron chi connectivity index (χ4n) is 3.36. The van der Waals surface area contributed by atoms with Crippen LogP contribution in [-0.4, -0.2) is 41.6 Å². The number of carbonyl (C=O) groups excluding carboxylic acids is 1. The summed E-state index contributed by atoms with van der Waals surface area (Å²) in [6, 6.07) is 3.76. The van der Waals surface area contributed by atoms with Crippen LogP contribution in [0.3, 0.4) is 0 Å². The van der Waals surface area contributed by atoms with E-state index in [0.717, 1.165) is 37.1 Å². The highest BCUT2D eigenvalue weighted by molar-refractivity contribution is 6.32. The van der Waals surface area contributed by atoms with E-state index in [1.807, 2.05) is 17.9 Å². The number of nitrogens with zero attached hydrogens (tertiary/aromatic N) is 1. The zero-order chi connectivity index (χ0) is 14.3. The molecule has 1 aromatic carbocycles. The Hall–Kier alpha value is -1.26. The quantitative estimate of drug-likeness (QED) is 0.833. The standard InChI is InChI=1S/C15H19ClN2O2/c1-9-2-3-12(19)14(15(9)16)10-4-5-18-11(6-10)7-17-8-13(18)20/h2-3,10-11,17,19H,4-8H2,1H3/t10-,11+/m0/s1. The molecule has 2 heterocycles. The van der Waals surface area contributed by atoms with Crippen LogP contribution < -0.4 is 5.32 Å². The fourth-order valence-corrected chi connectivity index (χ4v) is 3.68. The maximum atomic E-state index is 11.8. The molecule has 0 aromatic heterocycles. The first-order valence-corrected chi connectivity index (χ1v) is 7.44. The molecule has 108 valence electrons. The van der Waals surface area contributed by atoms with Crippen LogP contribution in [0.4, 0.5) is 0 Å². The highest BCUT2D eigenvalue weighted by atomic mass is 35.5. The Kier molecular flexibility index (Phi) is 3.61. The Bertz CT molecular complexity index is 547. The number of piperidine rings is 1. The van der Waals surface area contributed by atoms with Gasteiger partial charge in [0.15, 0.2) is 0 Å². The third-order valence-corrected chi connectivity index (χ3v) is 4.95. The number of hydrogen-bond acceptors (Lipinski definition) is 3. The van der Waals surface area contributed by atoms with E-state index in [-0.39, 0.29) is 23.6 Å². The largest absolute Gasteiger partial charge is 0.508 e. The van der Waals surface area contributed by atoms with Gasteiger partial charge >= 0.3 is 0 Å². The van der Waals surface area contributed by atoms with Crippen LogP contribution in [0.25, 0.3) is 0 Å². The first-order valence-electron chi connectivity index (χ1n) is 7.06. The van der Waals surface area contributed by atoms with E-state index in [4.69, 9.17) is 11.6 Å². The summed E-state index contributed by atoms with van der Waals surface area (Å²) < 4.78 is 0. The van der Waals surface area contributed by atoms with E-state index in [1.165, 1.54) is 0 Å². The molecule has 0 bridgehead atoms. The summed E-state index contributed by atoms with van der Waals surface area (Å²) in [6.07, 6.45) is 1.72. The lowest BCUT2D eigenvalue weighted by Gasteiger charge is -2.43. The molecule has 3 rings (SSSR count). The number of fused-ring (bicyclic) bond motifs is 1. The van der Waals surface area contributed by atoms with Crippen LogP contribution in [0.5, 0.6) is 5.75 Å². The molecule has 1 aromatic rings. The van der Waals surface area contributed by atoms with E-state index >= 15 is 0 Å². The van der Waals surface area contributed by atoms with Gasteiger partial charge in [-0.2, -0.15) is 0 Å². The van der Waals surface area contributed by atoms with Crippen molar-refractivity contribution in [2.75, 3.05) is 19.6 Å². The number of hydrogen-bond donors (Lipinski definition) is 2. The molecule has 0 radical (unpaired) electrons. The van der Waals surface area contributed by atoms with Gasteiger partial charge in [-0.1, -0.05) is 17.7 Å². The number of halogens is 1. The molecule has 2 saturated heterocycles. The molecule has 1 amide bonds. The van der Waals surface area contributed by atoms with E-state index in [2.05, 4.69) is 5.32 Å². The summed E-state index contributed by atoms with van der Waals surface area (Å²) in [5, 5.41) is 14.0. The van der Waals surface area contributed by atoms with Gasteiger partial charge in [0.25, 0.3) is 0 Å². The summed E-state index contributed by atoms with van der Waals surface area (Å²) >= 11 is 6.38. The van der Waals surface area contributed by atoms with Gasteiger partial charge in [-0.25, -0.2) is 0 Å². The first-order chi connectivity index (χ1) is 9.58. The summed E-state index contributed by atoms with van der Waals surface area (Å²) in [6.45, 7) is 3.97. The van der Waals surface area contributed by atoms with Crippen LogP contribution in [0.1, 0.15) is 29.9 Å². The van der Waals surface area contributed by atoms with Gasteiger partial charge in [0.05, 0.1) is 11.6 Å². The predicted molar refractivity (Wildman–Crippen MR) is 78.2 cm³/mol. The maximum Gasteiger partial charge on any atom is 0.236 e. The normalized spacial score (nSPS) is 26.5. The van der Waals surface area contributed by atoms with Gasteiger partial charge in [-0.3, -0.25) is 4.79 Å². The number of aryl methyl sites for hydroxylation is 1. The summed E-state index contributed by atoms with van der Waals surface area (Å²) in [7, 11) is 0. The number of nitrogens with one attached hydrogen (secondary N) is 1. The minimum absolute atomic E-state index is 0.180. The molecule has 5 heteroatoms. The minimum Gasteiger partial charge on any atom is -0.508 e. The Morgan fingerprint density at radius 3 is 3.05 bits per heavy atom. The molecule has 0 unspecified atom stereocenters. The van der Waals surface area contributed by atoms with Gasteiger partial charge in [-0.15, -0.1) is 0 Å². The highest BCUT2D eigenvalue weighted by Crippen LogP contribution is 2.41. The molecule has 4 nitrogen and oxygen atoms in total. The molecule has 2 fully saturated rings. The number of phenols is 1. The summed E-state index contributed by atoms with van der Waals surface area (Å²) in [4.78, 5) is 13.8. The van der Waals surface area contributed by atoms with Gasteiger partial charge in [0.2, 0.25) is 5.91 Å². The van der Waals surface area contributed by atoms with Crippen LogP contribution >= 0.6 is 11.6 Å². The Balaban J connectivity index is 1.87. The van der Waals surface area contributed by atoms with Crippen LogP contribution in [0, 0.1) is 6.92 Å². The number of rotatable bonds is 1. The number of amides is 1. The van der Waals surface area contributed by atoms with Crippen molar-refractivity contribution in [1.82, 2.24) is 10.2 Å². The van der Waals surface area contributed by atoms with Crippen LogP contribution in [-0.2, 0) is 4.79 Å². The van der Waals surface area contributed by atoms with Crippen LogP contribution in [0.2, 0.25) is 5.02 Å². The topological polar surface area (TPSA) is 52.6 Å². The monoisotopic (exact) mass is 294 g/mol. The number of aromatic hydroxyl groups is 1. The van der Waals surface area contributed by atoms with Crippen molar-refractivity contribution in [1.29, 1.82) is 0 Å². The Morgan fingerprint density at radius 2 is 2.25 bits per heavy atom. The predicted octanol–water partition coefficient (Wildman–Crippen LogP) is 2.03. The van der Waals surface area contributed by atoms with E-state index in [1.54, 1.807) is 6.07 Å². The minimum atomic E-state index is 0.180. The highest BCUT2D eigenvalue weighted by Gasteiger charge is 2.36. The first kappa shape index (κ1) is 13.7. The molecule has 2 N–H and O–H groups in total. The number of phenolic OH excluding ortho intramolecular Hbond substituents is 1. The van der Waals surface area contributed by atoms with Crippen molar-refractivity contribution in [3.8, 4) is 5.75 Å². The van der Waals surface area contributed by atoms with Crippen molar-refractivity contribution in [3.05, 3.63) is 28.3 Å². The third-order valence-electron chi connectivity index (χ3n) is 4.45. The maximum absolute atomic E-state index is 11.8. The van der Waals surface area contributed by atoms with Crippen molar-refractivity contribution >= 4 is 17.5 Å². The average Bonchev–Trinajstić information content (AvgIpc) is 2.44. The van der Waals surface area contributed by atoms with E-state index < -0.39 is 0 Å². The van der Waals surface area contributed by atoms with Gasteiger partial charge in [-0.05, 0) is 37.3 Å².